The molecule has 0 bridgehead atoms. The molecule has 0 fully saturated rings. The molecule has 14 heavy (non-hydrogen) atoms. The number of rotatable bonds is 7. The maximum atomic E-state index is 10.8. The van der Waals surface area contributed by atoms with E-state index in [-0.39, 0.29) is 6.61 Å². The Labute approximate surface area is 82.3 Å². The summed E-state index contributed by atoms with van der Waals surface area (Å²) in [6, 6.07) is 0. The van der Waals surface area contributed by atoms with Crippen molar-refractivity contribution in [2.75, 3.05) is 19.8 Å². The van der Waals surface area contributed by atoms with Crippen molar-refractivity contribution in [1.82, 2.24) is 0 Å². The number of esters is 1. The Morgan fingerprint density at radius 3 is 2.57 bits per heavy atom. The summed E-state index contributed by atoms with van der Waals surface area (Å²) < 4.78 is 9.68. The summed E-state index contributed by atoms with van der Waals surface area (Å²) >= 11 is 0. The molecule has 0 radical (unpaired) electrons. The SMILES string of the molecule is CCOCCCOC(=O)/C=C/C(=O)O. The summed E-state index contributed by atoms with van der Waals surface area (Å²) in [5, 5.41) is 8.19. The smallest absolute Gasteiger partial charge is 0.331 e. The number of carbonyl (C=O) groups excluding carboxylic acids is 1. The number of hydrogen-bond acceptors (Lipinski definition) is 4. The van der Waals surface area contributed by atoms with Gasteiger partial charge in [-0.2, -0.15) is 0 Å². The number of carboxylic acid groups (broad SMARTS) is 1. The molecule has 0 atom stereocenters. The molecular weight excluding hydrogens is 188 g/mol. The maximum absolute atomic E-state index is 10.8. The van der Waals surface area contributed by atoms with Crippen molar-refractivity contribution in [2.24, 2.45) is 0 Å². The van der Waals surface area contributed by atoms with Gasteiger partial charge in [-0.05, 0) is 6.92 Å². The molecule has 0 aliphatic heterocycles. The van der Waals surface area contributed by atoms with E-state index in [1.807, 2.05) is 6.92 Å². The Morgan fingerprint density at radius 1 is 1.29 bits per heavy atom. The minimum absolute atomic E-state index is 0.239. The van der Waals surface area contributed by atoms with Crippen LogP contribution in [-0.4, -0.2) is 36.9 Å². The molecule has 80 valence electrons. The molecule has 0 heterocycles. The molecule has 0 spiro atoms. The molecule has 0 aromatic rings. The standard InChI is InChI=1S/C9H14O5/c1-2-13-6-3-7-14-9(12)5-4-8(10)11/h4-5H,2-3,6-7H2,1H3,(H,10,11)/b5-4+. The quantitative estimate of drug-likeness (QED) is 0.371. The Hall–Kier alpha value is -1.36. The summed E-state index contributed by atoms with van der Waals surface area (Å²) in [4.78, 5) is 20.8. The first-order valence-electron chi connectivity index (χ1n) is 4.32. The topological polar surface area (TPSA) is 72.8 Å². The third-order valence-corrected chi connectivity index (χ3v) is 1.24. The summed E-state index contributed by atoms with van der Waals surface area (Å²) in [6.45, 7) is 3.28. The Bertz CT molecular complexity index is 209. The predicted molar refractivity (Wildman–Crippen MR) is 48.8 cm³/mol. The molecule has 0 unspecified atom stereocenters. The lowest BCUT2D eigenvalue weighted by Crippen LogP contribution is -2.06. The van der Waals surface area contributed by atoms with Crippen molar-refractivity contribution in [3.63, 3.8) is 0 Å². The van der Waals surface area contributed by atoms with Crippen LogP contribution in [0.1, 0.15) is 13.3 Å². The van der Waals surface area contributed by atoms with Gasteiger partial charge in [0, 0.05) is 31.8 Å². The molecule has 0 saturated carbocycles. The number of aliphatic carboxylic acids is 1. The van der Waals surface area contributed by atoms with Gasteiger partial charge in [0.2, 0.25) is 0 Å². The van der Waals surface area contributed by atoms with Gasteiger partial charge >= 0.3 is 11.9 Å². The second-order valence-electron chi connectivity index (χ2n) is 2.39. The van der Waals surface area contributed by atoms with E-state index in [1.165, 1.54) is 0 Å². The predicted octanol–water partition coefficient (Wildman–Crippen LogP) is 0.597. The van der Waals surface area contributed by atoms with Crippen molar-refractivity contribution in [3.05, 3.63) is 12.2 Å². The minimum atomic E-state index is -1.17. The fourth-order valence-electron chi connectivity index (χ4n) is 0.666. The van der Waals surface area contributed by atoms with Gasteiger partial charge in [-0.25, -0.2) is 9.59 Å². The fourth-order valence-corrected chi connectivity index (χ4v) is 0.666. The first-order chi connectivity index (χ1) is 6.66. The summed E-state index contributed by atoms with van der Waals surface area (Å²) in [5.41, 5.74) is 0. The number of ether oxygens (including phenoxy) is 2. The third-order valence-electron chi connectivity index (χ3n) is 1.24. The summed E-state index contributed by atoms with van der Waals surface area (Å²) in [6.07, 6.45) is 2.23. The van der Waals surface area contributed by atoms with Gasteiger partial charge < -0.3 is 14.6 Å². The third kappa shape index (κ3) is 8.73. The first kappa shape index (κ1) is 12.6. The monoisotopic (exact) mass is 202 g/mol. The molecule has 1 N–H and O–H groups in total. The zero-order valence-corrected chi connectivity index (χ0v) is 8.06. The van der Waals surface area contributed by atoms with Gasteiger partial charge in [-0.3, -0.25) is 0 Å². The zero-order valence-electron chi connectivity index (χ0n) is 8.06. The highest BCUT2D eigenvalue weighted by molar-refractivity contribution is 5.90. The van der Waals surface area contributed by atoms with E-state index in [2.05, 4.69) is 4.74 Å². The highest BCUT2D eigenvalue weighted by Crippen LogP contribution is 1.87. The van der Waals surface area contributed by atoms with E-state index in [9.17, 15) is 9.59 Å². The van der Waals surface area contributed by atoms with Crippen LogP contribution in [0.25, 0.3) is 0 Å². The van der Waals surface area contributed by atoms with E-state index >= 15 is 0 Å². The van der Waals surface area contributed by atoms with Gasteiger partial charge in [0.15, 0.2) is 0 Å². The van der Waals surface area contributed by atoms with E-state index in [0.717, 1.165) is 12.2 Å². The van der Waals surface area contributed by atoms with Crippen molar-refractivity contribution < 1.29 is 24.2 Å². The van der Waals surface area contributed by atoms with Crippen LogP contribution in [0.15, 0.2) is 12.2 Å². The normalized spacial score (nSPS) is 10.4. The summed E-state index contributed by atoms with van der Waals surface area (Å²) in [7, 11) is 0. The number of carboxylic acids is 1. The van der Waals surface area contributed by atoms with Crippen LogP contribution in [0.4, 0.5) is 0 Å². The average Bonchev–Trinajstić information content (AvgIpc) is 2.14. The lowest BCUT2D eigenvalue weighted by atomic mass is 10.5. The molecule has 5 heteroatoms. The lowest BCUT2D eigenvalue weighted by molar-refractivity contribution is -0.139. The Morgan fingerprint density at radius 2 is 2.00 bits per heavy atom. The Kier molecular flexibility index (Phi) is 7.45. The van der Waals surface area contributed by atoms with Crippen LogP contribution in [0.3, 0.4) is 0 Å². The molecule has 0 amide bonds. The fraction of sp³-hybridized carbons (Fsp3) is 0.556. The van der Waals surface area contributed by atoms with Crippen molar-refractivity contribution >= 4 is 11.9 Å². The molecule has 0 saturated heterocycles. The lowest BCUT2D eigenvalue weighted by Gasteiger charge is -2.01. The Balaban J connectivity index is 3.40. The molecule has 0 aliphatic carbocycles. The molecule has 0 aliphatic rings. The van der Waals surface area contributed by atoms with Crippen molar-refractivity contribution in [1.29, 1.82) is 0 Å². The van der Waals surface area contributed by atoms with E-state index < -0.39 is 11.9 Å². The van der Waals surface area contributed by atoms with Crippen LogP contribution >= 0.6 is 0 Å². The van der Waals surface area contributed by atoms with Crippen LogP contribution < -0.4 is 0 Å². The minimum Gasteiger partial charge on any atom is -0.478 e. The molecular formula is C9H14O5. The van der Waals surface area contributed by atoms with Gasteiger partial charge in [-0.1, -0.05) is 0 Å². The summed E-state index contributed by atoms with van der Waals surface area (Å²) in [5.74, 6) is -1.82. The first-order valence-corrected chi connectivity index (χ1v) is 4.32. The number of hydrogen-bond donors (Lipinski definition) is 1. The largest absolute Gasteiger partial charge is 0.478 e. The highest BCUT2D eigenvalue weighted by atomic mass is 16.5. The molecule has 0 aromatic heterocycles. The van der Waals surface area contributed by atoms with Crippen molar-refractivity contribution in [2.45, 2.75) is 13.3 Å². The van der Waals surface area contributed by atoms with Crippen LogP contribution in [0.2, 0.25) is 0 Å². The average molecular weight is 202 g/mol. The van der Waals surface area contributed by atoms with Gasteiger partial charge in [0.05, 0.1) is 6.61 Å². The molecule has 5 nitrogen and oxygen atoms in total. The molecule has 0 rings (SSSR count). The van der Waals surface area contributed by atoms with Gasteiger partial charge in [0.1, 0.15) is 0 Å². The number of carbonyl (C=O) groups is 2. The van der Waals surface area contributed by atoms with Crippen molar-refractivity contribution in [3.8, 4) is 0 Å². The van der Waals surface area contributed by atoms with E-state index in [0.29, 0.717) is 19.6 Å². The highest BCUT2D eigenvalue weighted by Gasteiger charge is 1.97. The van der Waals surface area contributed by atoms with E-state index in [1.54, 1.807) is 0 Å². The second kappa shape index (κ2) is 8.25. The van der Waals surface area contributed by atoms with Crippen LogP contribution in [0.5, 0.6) is 0 Å². The van der Waals surface area contributed by atoms with E-state index in [4.69, 9.17) is 9.84 Å². The van der Waals surface area contributed by atoms with Crippen LogP contribution in [0, 0.1) is 0 Å². The second-order valence-corrected chi connectivity index (χ2v) is 2.39. The van der Waals surface area contributed by atoms with Crippen LogP contribution in [-0.2, 0) is 19.1 Å². The van der Waals surface area contributed by atoms with Gasteiger partial charge in [0.25, 0.3) is 0 Å². The zero-order chi connectivity index (χ0) is 10.8. The van der Waals surface area contributed by atoms with Gasteiger partial charge in [-0.15, -0.1) is 0 Å². The maximum Gasteiger partial charge on any atom is 0.331 e. The molecule has 0 aromatic carbocycles.